The third kappa shape index (κ3) is 3.51. The second kappa shape index (κ2) is 7.91. The molecule has 3 aromatic rings. The van der Waals surface area contributed by atoms with Crippen LogP contribution in [0.3, 0.4) is 0 Å². The van der Waals surface area contributed by atoms with Gasteiger partial charge >= 0.3 is 0 Å². The van der Waals surface area contributed by atoms with Gasteiger partial charge in [0.05, 0.1) is 24.2 Å². The van der Waals surface area contributed by atoms with Crippen LogP contribution in [0.15, 0.2) is 71.6 Å². The molecule has 4 rings (SSSR count). The molecule has 4 nitrogen and oxygen atoms in total. The SMILES string of the molecule is CCCCc1cccc2c1-c1ccccc1CN2S(=O)(=O)c1ccc(OC)cc1. The second-order valence-electron chi connectivity index (χ2n) is 7.26. The molecule has 0 aromatic heterocycles. The number of aryl methyl sites for hydroxylation is 1. The first kappa shape index (κ1) is 19.5. The lowest BCUT2D eigenvalue weighted by atomic mass is 9.89. The molecule has 0 unspecified atom stereocenters. The zero-order valence-corrected chi connectivity index (χ0v) is 17.6. The third-order valence-corrected chi connectivity index (χ3v) is 7.22. The van der Waals surface area contributed by atoms with Crippen molar-refractivity contribution in [3.63, 3.8) is 0 Å². The van der Waals surface area contributed by atoms with Crippen LogP contribution in [0.1, 0.15) is 30.9 Å². The van der Waals surface area contributed by atoms with Crippen molar-refractivity contribution in [3.8, 4) is 16.9 Å². The number of fused-ring (bicyclic) bond motifs is 3. The molecule has 1 heterocycles. The Hall–Kier alpha value is -2.79. The van der Waals surface area contributed by atoms with E-state index in [0.717, 1.165) is 41.6 Å². The maximum atomic E-state index is 13.6. The Morgan fingerprint density at radius 1 is 0.966 bits per heavy atom. The van der Waals surface area contributed by atoms with E-state index in [1.165, 1.54) is 5.56 Å². The summed E-state index contributed by atoms with van der Waals surface area (Å²) >= 11 is 0. The number of benzene rings is 3. The van der Waals surface area contributed by atoms with Gasteiger partial charge in [0.25, 0.3) is 10.0 Å². The number of ether oxygens (including phenoxy) is 1. The van der Waals surface area contributed by atoms with Crippen molar-refractivity contribution in [1.82, 2.24) is 0 Å². The molecule has 0 aliphatic carbocycles. The molecular formula is C24H25NO3S. The molecule has 29 heavy (non-hydrogen) atoms. The van der Waals surface area contributed by atoms with Gasteiger partial charge in [0.15, 0.2) is 0 Å². The van der Waals surface area contributed by atoms with Gasteiger partial charge in [0.1, 0.15) is 5.75 Å². The number of hydrogen-bond donors (Lipinski definition) is 0. The Kier molecular flexibility index (Phi) is 5.33. The summed E-state index contributed by atoms with van der Waals surface area (Å²) in [7, 11) is -2.13. The van der Waals surface area contributed by atoms with E-state index in [1.807, 2.05) is 30.3 Å². The van der Waals surface area contributed by atoms with Crippen LogP contribution in [0.25, 0.3) is 11.1 Å². The van der Waals surface area contributed by atoms with Crippen molar-refractivity contribution in [2.45, 2.75) is 37.6 Å². The van der Waals surface area contributed by atoms with Gasteiger partial charge in [-0.15, -0.1) is 0 Å². The fourth-order valence-electron chi connectivity index (χ4n) is 3.91. The lowest BCUT2D eigenvalue weighted by Crippen LogP contribution is -2.33. The van der Waals surface area contributed by atoms with Crippen molar-refractivity contribution in [3.05, 3.63) is 77.9 Å². The Morgan fingerprint density at radius 3 is 2.45 bits per heavy atom. The van der Waals surface area contributed by atoms with Crippen LogP contribution < -0.4 is 9.04 Å². The number of hydrogen-bond acceptors (Lipinski definition) is 3. The van der Waals surface area contributed by atoms with Crippen LogP contribution in [-0.2, 0) is 23.0 Å². The zero-order chi connectivity index (χ0) is 20.4. The quantitative estimate of drug-likeness (QED) is 0.549. The van der Waals surface area contributed by atoms with Crippen LogP contribution in [0.5, 0.6) is 5.75 Å². The highest BCUT2D eigenvalue weighted by Crippen LogP contribution is 2.44. The summed E-state index contributed by atoms with van der Waals surface area (Å²) in [4.78, 5) is 0.266. The van der Waals surface area contributed by atoms with Gasteiger partial charge in [0.2, 0.25) is 0 Å². The molecule has 0 atom stereocenters. The summed E-state index contributed by atoms with van der Waals surface area (Å²) < 4.78 is 33.9. The molecule has 0 saturated heterocycles. The summed E-state index contributed by atoms with van der Waals surface area (Å²) in [5.41, 5.74) is 5.16. The number of anilines is 1. The highest BCUT2D eigenvalue weighted by molar-refractivity contribution is 7.92. The Labute approximate surface area is 172 Å². The molecule has 150 valence electrons. The van der Waals surface area contributed by atoms with Crippen molar-refractivity contribution in [2.75, 3.05) is 11.4 Å². The first-order valence-corrected chi connectivity index (χ1v) is 11.4. The molecule has 3 aromatic carbocycles. The highest BCUT2D eigenvalue weighted by Gasteiger charge is 2.32. The van der Waals surface area contributed by atoms with Gasteiger partial charge < -0.3 is 4.74 Å². The van der Waals surface area contributed by atoms with E-state index in [1.54, 1.807) is 35.7 Å². The maximum Gasteiger partial charge on any atom is 0.264 e. The summed E-state index contributed by atoms with van der Waals surface area (Å²) in [5.74, 6) is 0.634. The third-order valence-electron chi connectivity index (χ3n) is 5.45. The summed E-state index contributed by atoms with van der Waals surface area (Å²) in [5, 5.41) is 0. The molecule has 0 saturated carbocycles. The monoisotopic (exact) mass is 407 g/mol. The van der Waals surface area contributed by atoms with E-state index in [0.29, 0.717) is 12.3 Å². The number of rotatable bonds is 6. The lowest BCUT2D eigenvalue weighted by molar-refractivity contribution is 0.414. The highest BCUT2D eigenvalue weighted by atomic mass is 32.2. The minimum atomic E-state index is -3.70. The van der Waals surface area contributed by atoms with Gasteiger partial charge in [0, 0.05) is 5.56 Å². The van der Waals surface area contributed by atoms with Gasteiger partial charge in [-0.2, -0.15) is 0 Å². The molecule has 0 N–H and O–H groups in total. The van der Waals surface area contributed by atoms with E-state index in [-0.39, 0.29) is 4.90 Å². The van der Waals surface area contributed by atoms with Crippen molar-refractivity contribution >= 4 is 15.7 Å². The van der Waals surface area contributed by atoms with Crippen molar-refractivity contribution in [2.24, 2.45) is 0 Å². The normalized spacial score (nSPS) is 13.0. The minimum absolute atomic E-state index is 0.266. The molecule has 0 amide bonds. The van der Waals surface area contributed by atoms with Crippen LogP contribution in [0.2, 0.25) is 0 Å². The molecular weight excluding hydrogens is 382 g/mol. The maximum absolute atomic E-state index is 13.6. The first-order valence-electron chi connectivity index (χ1n) is 9.93. The molecule has 1 aliphatic heterocycles. The van der Waals surface area contributed by atoms with Crippen LogP contribution in [0, 0.1) is 0 Å². The van der Waals surface area contributed by atoms with E-state index in [9.17, 15) is 8.42 Å². The van der Waals surface area contributed by atoms with Crippen molar-refractivity contribution in [1.29, 1.82) is 0 Å². The first-order chi connectivity index (χ1) is 14.1. The standard InChI is InChI=1S/C24H25NO3S/c1-3-4-8-18-10-7-12-23-24(18)22-11-6-5-9-19(22)17-25(23)29(26,27)21-15-13-20(28-2)14-16-21/h5-7,9-16H,3-4,8,17H2,1-2H3. The Morgan fingerprint density at radius 2 is 1.72 bits per heavy atom. The molecule has 5 heteroatoms. The summed E-state index contributed by atoms with van der Waals surface area (Å²) in [6.07, 6.45) is 3.10. The average molecular weight is 408 g/mol. The minimum Gasteiger partial charge on any atom is -0.497 e. The van der Waals surface area contributed by atoms with Gasteiger partial charge in [-0.3, -0.25) is 4.31 Å². The second-order valence-corrected chi connectivity index (χ2v) is 9.12. The van der Waals surface area contributed by atoms with E-state index in [4.69, 9.17) is 4.74 Å². The molecule has 0 bridgehead atoms. The average Bonchev–Trinajstić information content (AvgIpc) is 2.76. The molecule has 1 aliphatic rings. The molecule has 0 radical (unpaired) electrons. The van der Waals surface area contributed by atoms with Gasteiger partial charge in [-0.1, -0.05) is 49.7 Å². The largest absolute Gasteiger partial charge is 0.497 e. The van der Waals surface area contributed by atoms with Gasteiger partial charge in [-0.25, -0.2) is 8.42 Å². The zero-order valence-electron chi connectivity index (χ0n) is 16.8. The Balaban J connectivity index is 1.87. The van der Waals surface area contributed by atoms with E-state index >= 15 is 0 Å². The Bertz CT molecular complexity index is 1120. The van der Waals surface area contributed by atoms with Crippen LogP contribution in [-0.4, -0.2) is 15.5 Å². The van der Waals surface area contributed by atoms with Gasteiger partial charge in [-0.05, 0) is 59.9 Å². The predicted molar refractivity (Wildman–Crippen MR) is 117 cm³/mol. The number of methoxy groups -OCH3 is 1. The number of nitrogens with zero attached hydrogens (tertiary/aromatic N) is 1. The van der Waals surface area contributed by atoms with E-state index < -0.39 is 10.0 Å². The number of unbranched alkanes of at least 4 members (excludes halogenated alkanes) is 1. The van der Waals surface area contributed by atoms with E-state index in [2.05, 4.69) is 19.1 Å². The molecule has 0 spiro atoms. The van der Waals surface area contributed by atoms with Crippen molar-refractivity contribution < 1.29 is 13.2 Å². The summed E-state index contributed by atoms with van der Waals surface area (Å²) in [6, 6.07) is 20.7. The smallest absolute Gasteiger partial charge is 0.264 e. The molecule has 0 fully saturated rings. The lowest BCUT2D eigenvalue weighted by Gasteiger charge is -2.33. The summed E-state index contributed by atoms with van der Waals surface area (Å²) in [6.45, 7) is 2.50. The predicted octanol–water partition coefficient (Wildman–Crippen LogP) is 5.41. The van der Waals surface area contributed by atoms with Crippen LogP contribution >= 0.6 is 0 Å². The topological polar surface area (TPSA) is 46.6 Å². The fourth-order valence-corrected chi connectivity index (χ4v) is 5.37. The number of sulfonamides is 1. The van der Waals surface area contributed by atoms with Crippen LogP contribution in [0.4, 0.5) is 5.69 Å². The fraction of sp³-hybridized carbons (Fsp3) is 0.250.